The topological polar surface area (TPSA) is 23.0 Å². The molecule has 6 aromatic carbocycles. The highest BCUT2D eigenvalue weighted by Gasteiger charge is 2.18. The van der Waals surface area contributed by atoms with Crippen LogP contribution in [0.25, 0.3) is 77.1 Å². The SMILES string of the molecule is c1ccc(-n2ccc3ccc4c5ccccc5n(-c5ccc(-c6cccc7c6oc6ccccc67)cc5)c4c32)cc1. The zero-order chi connectivity index (χ0) is 26.9. The minimum atomic E-state index is 0.919. The van der Waals surface area contributed by atoms with Crippen LogP contribution in [0, 0.1) is 0 Å². The zero-order valence-electron chi connectivity index (χ0n) is 22.2. The van der Waals surface area contributed by atoms with Crippen molar-refractivity contribution in [3.05, 3.63) is 146 Å². The van der Waals surface area contributed by atoms with Crippen LogP contribution in [-0.2, 0) is 0 Å². The Morgan fingerprint density at radius 2 is 1.22 bits per heavy atom. The highest BCUT2D eigenvalue weighted by molar-refractivity contribution is 6.18. The summed E-state index contributed by atoms with van der Waals surface area (Å²) >= 11 is 0. The number of furan rings is 1. The lowest BCUT2D eigenvalue weighted by Gasteiger charge is -2.12. The van der Waals surface area contributed by atoms with Gasteiger partial charge < -0.3 is 13.6 Å². The van der Waals surface area contributed by atoms with Crippen molar-refractivity contribution in [3.63, 3.8) is 0 Å². The summed E-state index contributed by atoms with van der Waals surface area (Å²) in [7, 11) is 0. The van der Waals surface area contributed by atoms with Crippen molar-refractivity contribution in [2.75, 3.05) is 0 Å². The third-order valence-electron chi connectivity index (χ3n) is 8.36. The number of nitrogens with zero attached hydrogens (tertiary/aromatic N) is 2. The number of hydrogen-bond acceptors (Lipinski definition) is 1. The van der Waals surface area contributed by atoms with E-state index in [-0.39, 0.29) is 0 Å². The van der Waals surface area contributed by atoms with Crippen LogP contribution in [0.3, 0.4) is 0 Å². The minimum absolute atomic E-state index is 0.919. The van der Waals surface area contributed by atoms with Crippen LogP contribution in [-0.4, -0.2) is 9.13 Å². The van der Waals surface area contributed by atoms with Gasteiger partial charge in [-0.25, -0.2) is 0 Å². The van der Waals surface area contributed by atoms with E-state index < -0.39 is 0 Å². The molecule has 3 heteroatoms. The van der Waals surface area contributed by atoms with Crippen molar-refractivity contribution < 1.29 is 4.42 Å². The van der Waals surface area contributed by atoms with Crippen LogP contribution in [0.15, 0.2) is 150 Å². The third-order valence-corrected chi connectivity index (χ3v) is 8.36. The number of rotatable bonds is 3. The van der Waals surface area contributed by atoms with E-state index in [4.69, 9.17) is 4.42 Å². The number of fused-ring (bicyclic) bond motifs is 8. The Morgan fingerprint density at radius 3 is 2.10 bits per heavy atom. The van der Waals surface area contributed by atoms with Crippen LogP contribution < -0.4 is 0 Å². The molecule has 0 spiro atoms. The summed E-state index contributed by atoms with van der Waals surface area (Å²) in [5.41, 5.74) is 9.99. The van der Waals surface area contributed by atoms with E-state index in [1.165, 1.54) is 32.7 Å². The van der Waals surface area contributed by atoms with E-state index in [9.17, 15) is 0 Å². The van der Waals surface area contributed by atoms with Gasteiger partial charge in [-0.3, -0.25) is 0 Å². The molecule has 9 aromatic rings. The molecule has 3 aromatic heterocycles. The van der Waals surface area contributed by atoms with Crippen molar-refractivity contribution in [2.24, 2.45) is 0 Å². The lowest BCUT2D eigenvalue weighted by Crippen LogP contribution is -1.98. The summed E-state index contributed by atoms with van der Waals surface area (Å²) in [4.78, 5) is 0. The summed E-state index contributed by atoms with van der Waals surface area (Å²) in [6, 6.07) is 49.6. The maximum Gasteiger partial charge on any atom is 0.143 e. The molecule has 0 amide bonds. The number of aromatic nitrogens is 2. The van der Waals surface area contributed by atoms with Gasteiger partial charge in [-0.1, -0.05) is 97.1 Å². The quantitative estimate of drug-likeness (QED) is 0.225. The molecule has 0 bridgehead atoms. The molecule has 192 valence electrons. The lowest BCUT2D eigenvalue weighted by molar-refractivity contribution is 0.670. The van der Waals surface area contributed by atoms with Crippen LogP contribution >= 0.6 is 0 Å². The molecule has 0 fully saturated rings. The molecule has 0 aliphatic heterocycles. The first kappa shape index (κ1) is 22.3. The van der Waals surface area contributed by atoms with Gasteiger partial charge in [-0.2, -0.15) is 0 Å². The molecule has 3 heterocycles. The first-order chi connectivity index (χ1) is 20.3. The molecule has 0 aliphatic carbocycles. The van der Waals surface area contributed by atoms with Gasteiger partial charge in [0.25, 0.3) is 0 Å². The standard InChI is InChI=1S/C38H24N2O/c1-2-9-27(10-3-1)39-24-23-26-19-22-32-30-11-4-6-15-34(30)40(37(32)36(26)39)28-20-17-25(18-21-28)29-13-8-14-33-31-12-5-7-16-35(31)41-38(29)33/h1-24H. The van der Waals surface area contributed by atoms with Crippen molar-refractivity contribution in [1.29, 1.82) is 0 Å². The second kappa shape index (κ2) is 8.48. The molecule has 3 nitrogen and oxygen atoms in total. The fraction of sp³-hybridized carbons (Fsp3) is 0. The Balaban J connectivity index is 1.29. The predicted molar refractivity (Wildman–Crippen MR) is 170 cm³/mol. The van der Waals surface area contributed by atoms with E-state index in [1.54, 1.807) is 0 Å². The summed E-state index contributed by atoms with van der Waals surface area (Å²) in [6.45, 7) is 0. The highest BCUT2D eigenvalue weighted by atomic mass is 16.3. The van der Waals surface area contributed by atoms with Gasteiger partial charge in [0, 0.05) is 50.1 Å². The monoisotopic (exact) mass is 524 g/mol. The number of para-hydroxylation sites is 4. The smallest absolute Gasteiger partial charge is 0.143 e. The molecular weight excluding hydrogens is 500 g/mol. The maximum atomic E-state index is 6.34. The normalized spacial score (nSPS) is 11.9. The van der Waals surface area contributed by atoms with Crippen LogP contribution in [0.4, 0.5) is 0 Å². The van der Waals surface area contributed by atoms with Gasteiger partial charge >= 0.3 is 0 Å². The number of hydrogen-bond donors (Lipinski definition) is 0. The third kappa shape index (κ3) is 3.20. The molecule has 0 atom stereocenters. The molecule has 9 rings (SSSR count). The van der Waals surface area contributed by atoms with Gasteiger partial charge in [-0.05, 0) is 48.0 Å². The first-order valence-electron chi connectivity index (χ1n) is 13.9. The Bertz CT molecular complexity index is 2400. The zero-order valence-corrected chi connectivity index (χ0v) is 22.2. The molecule has 41 heavy (non-hydrogen) atoms. The fourth-order valence-corrected chi connectivity index (χ4v) is 6.51. The molecule has 0 saturated carbocycles. The summed E-state index contributed by atoms with van der Waals surface area (Å²) in [5.74, 6) is 0. The van der Waals surface area contributed by atoms with Crippen molar-refractivity contribution in [2.45, 2.75) is 0 Å². The van der Waals surface area contributed by atoms with Crippen molar-refractivity contribution >= 4 is 54.6 Å². The number of benzene rings is 6. The van der Waals surface area contributed by atoms with E-state index in [0.29, 0.717) is 0 Å². The summed E-state index contributed by atoms with van der Waals surface area (Å²) < 4.78 is 11.1. The van der Waals surface area contributed by atoms with Gasteiger partial charge in [-0.15, -0.1) is 0 Å². The van der Waals surface area contributed by atoms with Crippen LogP contribution in [0.2, 0.25) is 0 Å². The molecule has 0 saturated heterocycles. The lowest BCUT2D eigenvalue weighted by atomic mass is 10.0. The molecule has 0 radical (unpaired) electrons. The minimum Gasteiger partial charge on any atom is -0.455 e. The van der Waals surface area contributed by atoms with E-state index in [1.807, 2.05) is 12.1 Å². The second-order valence-corrected chi connectivity index (χ2v) is 10.6. The summed E-state index contributed by atoms with van der Waals surface area (Å²) in [6.07, 6.45) is 2.18. The van der Waals surface area contributed by atoms with Gasteiger partial charge in [0.1, 0.15) is 11.2 Å². The van der Waals surface area contributed by atoms with Gasteiger partial charge in [0.05, 0.1) is 16.6 Å². The molecule has 0 unspecified atom stereocenters. The molecule has 0 N–H and O–H groups in total. The van der Waals surface area contributed by atoms with Crippen molar-refractivity contribution in [3.8, 4) is 22.5 Å². The Hall–Kier alpha value is -5.54. The first-order valence-corrected chi connectivity index (χ1v) is 13.9. The van der Waals surface area contributed by atoms with E-state index in [2.05, 4.69) is 143 Å². The van der Waals surface area contributed by atoms with E-state index >= 15 is 0 Å². The Labute approximate surface area is 236 Å². The van der Waals surface area contributed by atoms with Crippen molar-refractivity contribution in [1.82, 2.24) is 9.13 Å². The fourth-order valence-electron chi connectivity index (χ4n) is 6.51. The Morgan fingerprint density at radius 1 is 0.463 bits per heavy atom. The second-order valence-electron chi connectivity index (χ2n) is 10.6. The Kier molecular flexibility index (Phi) is 4.61. The maximum absolute atomic E-state index is 6.34. The largest absolute Gasteiger partial charge is 0.455 e. The van der Waals surface area contributed by atoms with E-state index in [0.717, 1.165) is 44.4 Å². The molecular formula is C38H24N2O. The average molecular weight is 525 g/mol. The van der Waals surface area contributed by atoms with Gasteiger partial charge in [0.2, 0.25) is 0 Å². The van der Waals surface area contributed by atoms with Gasteiger partial charge in [0.15, 0.2) is 0 Å². The average Bonchev–Trinajstić information content (AvgIpc) is 3.73. The van der Waals surface area contributed by atoms with Crippen LogP contribution in [0.5, 0.6) is 0 Å². The summed E-state index contributed by atoms with van der Waals surface area (Å²) in [5, 5.41) is 6.02. The predicted octanol–water partition coefficient (Wildman–Crippen LogP) is 10.3. The van der Waals surface area contributed by atoms with Crippen LogP contribution in [0.1, 0.15) is 0 Å². The molecule has 0 aliphatic rings. The highest BCUT2D eigenvalue weighted by Crippen LogP contribution is 2.39.